The molecule has 4 aromatic rings. The van der Waals surface area contributed by atoms with Crippen LogP contribution in [0.4, 0.5) is 22.1 Å². The second-order valence-electron chi connectivity index (χ2n) is 9.63. The zero-order chi connectivity index (χ0) is 31.4. The van der Waals surface area contributed by atoms with E-state index in [1.54, 1.807) is 25.1 Å². The average Bonchev–Trinajstić information content (AvgIpc) is 3.56. The van der Waals surface area contributed by atoms with Crippen LogP contribution in [-0.2, 0) is 19.1 Å². The van der Waals surface area contributed by atoms with Crippen LogP contribution in [0.15, 0.2) is 59.7 Å². The Morgan fingerprint density at radius 3 is 2.64 bits per heavy atom. The van der Waals surface area contributed by atoms with Gasteiger partial charge in [0.1, 0.15) is 18.1 Å². The van der Waals surface area contributed by atoms with Crippen LogP contribution in [0.1, 0.15) is 44.7 Å². The highest BCUT2D eigenvalue weighted by Gasteiger charge is 2.40. The number of hydrogen-bond donors (Lipinski definition) is 3. The average molecular weight is 604 g/mol. The zero-order valence-corrected chi connectivity index (χ0v) is 23.3. The van der Waals surface area contributed by atoms with Crippen molar-refractivity contribution in [3.8, 4) is 0 Å². The first-order valence-electron chi connectivity index (χ1n) is 13.1. The van der Waals surface area contributed by atoms with Gasteiger partial charge in [-0.15, -0.1) is 0 Å². The third-order valence-corrected chi connectivity index (χ3v) is 6.56. The van der Waals surface area contributed by atoms with E-state index in [0.717, 1.165) is 10.5 Å². The number of hydrogen-bond acceptors (Lipinski definition) is 12. The molecule has 44 heavy (non-hydrogen) atoms. The first kappa shape index (κ1) is 29.4. The van der Waals surface area contributed by atoms with Crippen molar-refractivity contribution < 1.29 is 43.1 Å². The van der Waals surface area contributed by atoms with E-state index in [9.17, 15) is 24.0 Å². The molecule has 0 atom stereocenters. The lowest BCUT2D eigenvalue weighted by atomic mass is 10.1. The number of nitrogens with one attached hydrogen (secondary N) is 2. The summed E-state index contributed by atoms with van der Waals surface area (Å²) in [7, 11) is 0. The standard InChI is InChI=1S/C28H25N7O9/c1-15-3-4-17(26(39)32-21-9-10-44-33-21)11-20(15)31-25-24-16(2)19(12-34(24)30-13-29-25)27(40)35(18-5-6-18)28(41)43-14-42-23(38)8-7-22(36)37/h3-4,7-13,18H,5-6,14H2,1-2H3,(H,36,37)(H,29,30,31)(H,32,33,39). The van der Waals surface area contributed by atoms with E-state index >= 15 is 0 Å². The Kier molecular flexibility index (Phi) is 8.32. The minimum atomic E-state index is -1.35. The quantitative estimate of drug-likeness (QED) is 0.135. The summed E-state index contributed by atoms with van der Waals surface area (Å²) in [6, 6.07) is 6.17. The maximum atomic E-state index is 13.6. The van der Waals surface area contributed by atoms with Crippen LogP contribution in [0, 0.1) is 13.8 Å². The van der Waals surface area contributed by atoms with E-state index in [2.05, 4.69) is 30.6 Å². The summed E-state index contributed by atoms with van der Waals surface area (Å²) in [4.78, 5) is 66.5. The van der Waals surface area contributed by atoms with Crippen LogP contribution < -0.4 is 10.6 Å². The number of amides is 3. The van der Waals surface area contributed by atoms with Crippen molar-refractivity contribution in [3.63, 3.8) is 0 Å². The van der Waals surface area contributed by atoms with Crippen molar-refractivity contribution in [2.75, 3.05) is 17.4 Å². The monoisotopic (exact) mass is 603 g/mol. The number of ether oxygens (including phenoxy) is 2. The Morgan fingerprint density at radius 2 is 1.93 bits per heavy atom. The largest absolute Gasteiger partial charge is 0.478 e. The highest BCUT2D eigenvalue weighted by atomic mass is 16.7. The number of carbonyl (C=O) groups excluding carboxylic acids is 4. The fourth-order valence-corrected chi connectivity index (χ4v) is 4.21. The molecule has 3 heterocycles. The number of fused-ring (bicyclic) bond motifs is 1. The summed E-state index contributed by atoms with van der Waals surface area (Å²) in [6.45, 7) is 2.71. The Bertz CT molecular complexity index is 1790. The van der Waals surface area contributed by atoms with Crippen molar-refractivity contribution in [1.29, 1.82) is 0 Å². The molecule has 0 saturated heterocycles. The molecule has 0 aliphatic heterocycles. The third-order valence-electron chi connectivity index (χ3n) is 6.56. The molecule has 3 N–H and O–H groups in total. The molecule has 1 fully saturated rings. The number of anilines is 3. The fraction of sp³-hybridized carbons (Fsp3) is 0.214. The van der Waals surface area contributed by atoms with E-state index < -0.39 is 42.7 Å². The molecule has 3 aromatic heterocycles. The number of carbonyl (C=O) groups is 5. The van der Waals surface area contributed by atoms with E-state index in [1.807, 2.05) is 6.92 Å². The molecule has 0 radical (unpaired) electrons. The van der Waals surface area contributed by atoms with E-state index in [1.165, 1.54) is 29.4 Å². The second kappa shape index (κ2) is 12.4. The highest BCUT2D eigenvalue weighted by molar-refractivity contribution is 6.07. The Balaban J connectivity index is 1.35. The number of carboxylic acids is 1. The minimum absolute atomic E-state index is 0.163. The number of esters is 1. The number of aliphatic carboxylic acids is 1. The van der Waals surface area contributed by atoms with E-state index in [4.69, 9.17) is 14.4 Å². The Morgan fingerprint density at radius 1 is 1.14 bits per heavy atom. The van der Waals surface area contributed by atoms with Crippen LogP contribution in [0.25, 0.3) is 5.52 Å². The molecule has 16 nitrogen and oxygen atoms in total. The topological polar surface area (TPSA) is 208 Å². The molecular weight excluding hydrogens is 578 g/mol. The molecule has 1 saturated carbocycles. The lowest BCUT2D eigenvalue weighted by Crippen LogP contribution is -2.39. The Hall–Kier alpha value is -6.06. The van der Waals surface area contributed by atoms with Crippen molar-refractivity contribution in [2.24, 2.45) is 0 Å². The van der Waals surface area contributed by atoms with E-state index in [-0.39, 0.29) is 11.4 Å². The van der Waals surface area contributed by atoms with Gasteiger partial charge in [-0.1, -0.05) is 11.2 Å². The number of benzene rings is 1. The molecule has 1 aliphatic rings. The molecule has 0 spiro atoms. The van der Waals surface area contributed by atoms with Crippen LogP contribution in [-0.4, -0.2) is 72.4 Å². The van der Waals surface area contributed by atoms with Gasteiger partial charge < -0.3 is 29.7 Å². The second-order valence-corrected chi connectivity index (χ2v) is 9.63. The first-order valence-corrected chi connectivity index (χ1v) is 13.1. The molecule has 16 heteroatoms. The number of nitrogens with zero attached hydrogens (tertiary/aromatic N) is 5. The lowest BCUT2D eigenvalue weighted by molar-refractivity contribution is -0.146. The van der Waals surface area contributed by atoms with Gasteiger partial charge in [0.05, 0.1) is 5.56 Å². The van der Waals surface area contributed by atoms with Gasteiger partial charge in [0.2, 0.25) is 6.79 Å². The van der Waals surface area contributed by atoms with Crippen LogP contribution in [0.3, 0.4) is 0 Å². The Labute approximate surface area is 248 Å². The summed E-state index contributed by atoms with van der Waals surface area (Å²) in [5.41, 5.74) is 2.81. The number of imide groups is 1. The summed E-state index contributed by atoms with van der Waals surface area (Å²) in [5, 5.41) is 22.3. The molecule has 1 aromatic carbocycles. The minimum Gasteiger partial charge on any atom is -0.478 e. The van der Waals surface area contributed by atoms with Gasteiger partial charge in [-0.05, 0) is 49.9 Å². The summed E-state index contributed by atoms with van der Waals surface area (Å²) in [5.74, 6) is -2.82. The van der Waals surface area contributed by atoms with Gasteiger partial charge in [-0.3, -0.25) is 9.59 Å². The number of aromatic nitrogens is 4. The van der Waals surface area contributed by atoms with Crippen LogP contribution in [0.2, 0.25) is 0 Å². The summed E-state index contributed by atoms with van der Waals surface area (Å²) >= 11 is 0. The zero-order valence-electron chi connectivity index (χ0n) is 23.3. The van der Waals surface area contributed by atoms with Crippen molar-refractivity contribution in [1.82, 2.24) is 24.7 Å². The summed E-state index contributed by atoms with van der Waals surface area (Å²) in [6.07, 6.45) is 5.45. The van der Waals surface area contributed by atoms with Gasteiger partial charge in [-0.25, -0.2) is 28.8 Å². The third kappa shape index (κ3) is 6.53. The predicted octanol–water partition coefficient (Wildman–Crippen LogP) is 3.21. The number of carboxylic acid groups (broad SMARTS) is 1. The van der Waals surface area contributed by atoms with Gasteiger partial charge in [0.25, 0.3) is 11.8 Å². The maximum Gasteiger partial charge on any atom is 0.419 e. The summed E-state index contributed by atoms with van der Waals surface area (Å²) < 4.78 is 15.8. The molecular formula is C28H25N7O9. The molecule has 1 aliphatic carbocycles. The molecule has 5 rings (SSSR count). The molecule has 0 unspecified atom stereocenters. The molecule has 226 valence electrons. The highest BCUT2D eigenvalue weighted by Crippen LogP contribution is 2.32. The van der Waals surface area contributed by atoms with Crippen molar-refractivity contribution in [2.45, 2.75) is 32.7 Å². The smallest absolute Gasteiger partial charge is 0.419 e. The lowest BCUT2D eigenvalue weighted by Gasteiger charge is -2.19. The SMILES string of the molecule is Cc1ccc(C(=O)Nc2ccon2)cc1Nc1ncnn2cc(C(=O)N(C(=O)OCOC(=O)C=CC(=O)O)C3CC3)c(C)c12. The van der Waals surface area contributed by atoms with Gasteiger partial charge in [0.15, 0.2) is 11.6 Å². The predicted molar refractivity (Wildman–Crippen MR) is 150 cm³/mol. The number of rotatable bonds is 10. The molecule has 0 bridgehead atoms. The molecule has 3 amide bonds. The first-order chi connectivity index (χ1) is 21.1. The van der Waals surface area contributed by atoms with Gasteiger partial charge >= 0.3 is 18.0 Å². The van der Waals surface area contributed by atoms with Crippen molar-refractivity contribution >= 4 is 52.7 Å². The number of aryl methyl sites for hydroxylation is 2. The van der Waals surface area contributed by atoms with Gasteiger partial charge in [-0.2, -0.15) is 5.10 Å². The normalized spacial score (nSPS) is 12.6. The fourth-order valence-electron chi connectivity index (χ4n) is 4.21. The van der Waals surface area contributed by atoms with Crippen LogP contribution >= 0.6 is 0 Å². The maximum absolute atomic E-state index is 13.6. The van der Waals surface area contributed by atoms with Crippen molar-refractivity contribution in [3.05, 3.63) is 77.5 Å². The van der Waals surface area contributed by atoms with E-state index in [0.29, 0.717) is 53.1 Å². The van der Waals surface area contributed by atoms with Crippen LogP contribution in [0.5, 0.6) is 0 Å². The van der Waals surface area contributed by atoms with Gasteiger partial charge in [0, 0.05) is 41.7 Å².